The molecule has 3 saturated heterocycles. The molecular weight excluding hydrogens is 359 g/mol. The van der Waals surface area contributed by atoms with Crippen LogP contribution in [0.1, 0.15) is 36.0 Å². The zero-order valence-corrected chi connectivity index (χ0v) is 16.2. The molecule has 0 aliphatic carbocycles. The number of carbonyl (C=O) groups is 1. The lowest BCUT2D eigenvalue weighted by Crippen LogP contribution is -2.32. The second-order valence-electron chi connectivity index (χ2n) is 7.19. The van der Waals surface area contributed by atoms with Crippen molar-refractivity contribution in [2.24, 2.45) is 11.8 Å². The summed E-state index contributed by atoms with van der Waals surface area (Å²) in [6.45, 7) is 6.07. The standard InChI is InChI=1S/C18H26N4O.2ClH/c23-18(22-12-15-9-19-10-16(15)13-22)14-5-6-17(20-11-14)21-7-3-1-2-4-8-21;;/h5-6,11,15-16,19H,1-4,7-10,12-13H2;2*1H/t15-,16+;;. The predicted molar refractivity (Wildman–Crippen MR) is 105 cm³/mol. The minimum atomic E-state index is 0. The second kappa shape index (κ2) is 9.06. The number of likely N-dealkylation sites (tertiary alicyclic amines) is 1. The Morgan fingerprint density at radius 3 is 2.20 bits per heavy atom. The molecule has 25 heavy (non-hydrogen) atoms. The molecule has 4 rings (SSSR count). The number of pyridine rings is 1. The SMILES string of the molecule is Cl.Cl.O=C(c1ccc(N2CCCCCC2)nc1)N1C[C@H]2CNC[C@H]2C1. The van der Waals surface area contributed by atoms with Crippen LogP contribution < -0.4 is 10.2 Å². The molecule has 0 unspecified atom stereocenters. The molecule has 0 radical (unpaired) electrons. The van der Waals surface area contributed by atoms with E-state index in [1.807, 2.05) is 17.0 Å². The van der Waals surface area contributed by atoms with Crippen molar-refractivity contribution in [3.63, 3.8) is 0 Å². The number of rotatable bonds is 2. The number of halogens is 2. The maximum atomic E-state index is 12.7. The summed E-state index contributed by atoms with van der Waals surface area (Å²) < 4.78 is 0. The van der Waals surface area contributed by atoms with E-state index in [1.165, 1.54) is 25.7 Å². The molecule has 140 valence electrons. The van der Waals surface area contributed by atoms with Crippen LogP contribution in [0.4, 0.5) is 5.82 Å². The fourth-order valence-electron chi connectivity index (χ4n) is 4.20. The van der Waals surface area contributed by atoms with Gasteiger partial charge in [-0.1, -0.05) is 12.8 Å². The van der Waals surface area contributed by atoms with Gasteiger partial charge in [-0.05, 0) is 36.8 Å². The lowest BCUT2D eigenvalue weighted by Gasteiger charge is -2.22. The van der Waals surface area contributed by atoms with E-state index in [1.54, 1.807) is 6.20 Å². The van der Waals surface area contributed by atoms with Crippen molar-refractivity contribution in [3.8, 4) is 0 Å². The number of nitrogens with one attached hydrogen (secondary N) is 1. The fourth-order valence-corrected chi connectivity index (χ4v) is 4.20. The van der Waals surface area contributed by atoms with E-state index in [0.717, 1.165) is 50.6 Å². The highest BCUT2D eigenvalue weighted by molar-refractivity contribution is 5.94. The van der Waals surface area contributed by atoms with E-state index >= 15 is 0 Å². The van der Waals surface area contributed by atoms with Crippen LogP contribution in [0, 0.1) is 11.8 Å². The molecule has 1 aromatic rings. The van der Waals surface area contributed by atoms with Crippen molar-refractivity contribution >= 4 is 36.5 Å². The van der Waals surface area contributed by atoms with E-state index in [-0.39, 0.29) is 30.7 Å². The molecule has 1 amide bonds. The molecule has 3 aliphatic heterocycles. The van der Waals surface area contributed by atoms with Gasteiger partial charge in [0.15, 0.2) is 0 Å². The fraction of sp³-hybridized carbons (Fsp3) is 0.667. The highest BCUT2D eigenvalue weighted by Gasteiger charge is 2.38. The van der Waals surface area contributed by atoms with Gasteiger partial charge in [-0.25, -0.2) is 4.98 Å². The summed E-state index contributed by atoms with van der Waals surface area (Å²) >= 11 is 0. The summed E-state index contributed by atoms with van der Waals surface area (Å²) in [6, 6.07) is 3.99. The maximum Gasteiger partial charge on any atom is 0.255 e. The lowest BCUT2D eigenvalue weighted by atomic mass is 10.0. The Bertz CT molecular complexity index is 549. The van der Waals surface area contributed by atoms with Crippen LogP contribution in [0.3, 0.4) is 0 Å². The van der Waals surface area contributed by atoms with Crippen molar-refractivity contribution in [1.82, 2.24) is 15.2 Å². The first-order valence-electron chi connectivity index (χ1n) is 9.02. The quantitative estimate of drug-likeness (QED) is 0.848. The molecule has 1 aromatic heterocycles. The Morgan fingerprint density at radius 1 is 1.00 bits per heavy atom. The van der Waals surface area contributed by atoms with Gasteiger partial charge in [0.05, 0.1) is 5.56 Å². The van der Waals surface area contributed by atoms with Crippen LogP contribution >= 0.6 is 24.8 Å². The summed E-state index contributed by atoms with van der Waals surface area (Å²) in [5.74, 6) is 2.45. The number of carbonyl (C=O) groups excluding carboxylic acids is 1. The number of hydrogen-bond donors (Lipinski definition) is 1. The zero-order valence-electron chi connectivity index (χ0n) is 14.5. The zero-order chi connectivity index (χ0) is 15.6. The molecular formula is C18H28Cl2N4O. The van der Waals surface area contributed by atoms with Crippen LogP contribution in [-0.2, 0) is 0 Å². The van der Waals surface area contributed by atoms with Gasteiger partial charge in [-0.2, -0.15) is 0 Å². The summed E-state index contributed by atoms with van der Waals surface area (Å²) in [5.41, 5.74) is 0.733. The first-order valence-corrected chi connectivity index (χ1v) is 9.02. The lowest BCUT2D eigenvalue weighted by molar-refractivity contribution is 0.0781. The minimum absolute atomic E-state index is 0. The van der Waals surface area contributed by atoms with Gasteiger partial charge in [-0.15, -0.1) is 24.8 Å². The summed E-state index contributed by atoms with van der Waals surface area (Å²) in [7, 11) is 0. The summed E-state index contributed by atoms with van der Waals surface area (Å²) in [6.07, 6.45) is 6.90. The first-order chi connectivity index (χ1) is 11.3. The number of fused-ring (bicyclic) bond motifs is 1. The van der Waals surface area contributed by atoms with Gasteiger partial charge in [0.1, 0.15) is 5.82 Å². The molecule has 5 nitrogen and oxygen atoms in total. The number of amides is 1. The monoisotopic (exact) mass is 386 g/mol. The average Bonchev–Trinajstić information content (AvgIpc) is 3.07. The number of nitrogens with zero attached hydrogens (tertiary/aromatic N) is 3. The second-order valence-corrected chi connectivity index (χ2v) is 7.19. The van der Waals surface area contributed by atoms with Crippen molar-refractivity contribution in [2.75, 3.05) is 44.2 Å². The van der Waals surface area contributed by atoms with Gasteiger partial charge in [0.2, 0.25) is 0 Å². The molecule has 4 heterocycles. The van der Waals surface area contributed by atoms with Gasteiger partial charge in [-0.3, -0.25) is 4.79 Å². The summed E-state index contributed by atoms with van der Waals surface area (Å²) in [5, 5.41) is 3.42. The molecule has 0 saturated carbocycles. The molecule has 2 atom stereocenters. The Labute approximate surface area is 162 Å². The molecule has 0 aromatic carbocycles. The third-order valence-electron chi connectivity index (χ3n) is 5.60. The first kappa shape index (κ1) is 20.3. The molecule has 0 spiro atoms. The molecule has 3 fully saturated rings. The van der Waals surface area contributed by atoms with Crippen LogP contribution in [0.15, 0.2) is 18.3 Å². The minimum Gasteiger partial charge on any atom is -0.357 e. The van der Waals surface area contributed by atoms with E-state index in [0.29, 0.717) is 11.8 Å². The molecule has 0 bridgehead atoms. The predicted octanol–water partition coefficient (Wildman–Crippen LogP) is 2.60. The van der Waals surface area contributed by atoms with Crippen molar-refractivity contribution in [3.05, 3.63) is 23.9 Å². The largest absolute Gasteiger partial charge is 0.357 e. The normalized spacial score (nSPS) is 25.6. The number of aromatic nitrogens is 1. The Kier molecular flexibility index (Phi) is 7.35. The van der Waals surface area contributed by atoms with E-state index in [9.17, 15) is 4.79 Å². The van der Waals surface area contributed by atoms with Crippen LogP contribution in [-0.4, -0.2) is 55.1 Å². The highest BCUT2D eigenvalue weighted by Crippen LogP contribution is 2.27. The molecule has 3 aliphatic rings. The molecule has 7 heteroatoms. The maximum absolute atomic E-state index is 12.7. The third kappa shape index (κ3) is 4.39. The Morgan fingerprint density at radius 2 is 1.64 bits per heavy atom. The summed E-state index contributed by atoms with van der Waals surface area (Å²) in [4.78, 5) is 21.6. The third-order valence-corrected chi connectivity index (χ3v) is 5.60. The van der Waals surface area contributed by atoms with E-state index in [4.69, 9.17) is 0 Å². The topological polar surface area (TPSA) is 48.5 Å². The van der Waals surface area contributed by atoms with Gasteiger partial charge in [0.25, 0.3) is 5.91 Å². The molecule has 1 N–H and O–H groups in total. The van der Waals surface area contributed by atoms with E-state index in [2.05, 4.69) is 15.2 Å². The number of hydrogen-bond acceptors (Lipinski definition) is 4. The Balaban J connectivity index is 0.00000113. The van der Waals surface area contributed by atoms with Crippen LogP contribution in [0.5, 0.6) is 0 Å². The highest BCUT2D eigenvalue weighted by atomic mass is 35.5. The van der Waals surface area contributed by atoms with Crippen LogP contribution in [0.2, 0.25) is 0 Å². The van der Waals surface area contributed by atoms with Gasteiger partial charge < -0.3 is 15.1 Å². The van der Waals surface area contributed by atoms with Crippen LogP contribution in [0.25, 0.3) is 0 Å². The average molecular weight is 387 g/mol. The van der Waals surface area contributed by atoms with Crippen molar-refractivity contribution < 1.29 is 4.79 Å². The van der Waals surface area contributed by atoms with Crippen molar-refractivity contribution in [2.45, 2.75) is 25.7 Å². The Hall–Kier alpha value is -1.04. The van der Waals surface area contributed by atoms with Gasteiger partial charge >= 0.3 is 0 Å². The van der Waals surface area contributed by atoms with E-state index < -0.39 is 0 Å². The number of anilines is 1. The van der Waals surface area contributed by atoms with Crippen molar-refractivity contribution in [1.29, 1.82) is 0 Å². The smallest absolute Gasteiger partial charge is 0.255 e. The van der Waals surface area contributed by atoms with Gasteiger partial charge in [0, 0.05) is 45.5 Å².